The molecule has 0 heterocycles. The van der Waals surface area contributed by atoms with Gasteiger partial charge in [0.15, 0.2) is 0 Å². The van der Waals surface area contributed by atoms with Gasteiger partial charge in [0.05, 0.1) is 7.11 Å². The summed E-state index contributed by atoms with van der Waals surface area (Å²) in [6.45, 7) is 2.24. The van der Waals surface area contributed by atoms with E-state index < -0.39 is 0 Å². The van der Waals surface area contributed by atoms with Gasteiger partial charge in [0.25, 0.3) is 0 Å². The Kier molecular flexibility index (Phi) is 3.41. The molecule has 1 aliphatic carbocycles. The van der Waals surface area contributed by atoms with E-state index in [-0.39, 0.29) is 0 Å². The van der Waals surface area contributed by atoms with E-state index in [1.807, 2.05) is 13.1 Å². The molecule has 0 fully saturated rings. The fourth-order valence-corrected chi connectivity index (χ4v) is 2.96. The molecule has 2 atom stereocenters. The van der Waals surface area contributed by atoms with Crippen LogP contribution in [0.2, 0.25) is 5.02 Å². The Balaban J connectivity index is 2.54. The Bertz CT molecular complexity index is 392. The third-order valence-electron chi connectivity index (χ3n) is 3.48. The highest BCUT2D eigenvalue weighted by atomic mass is 35.5. The first-order valence-corrected chi connectivity index (χ1v) is 6.09. The van der Waals surface area contributed by atoms with Crippen LogP contribution in [0.4, 0.5) is 0 Å². The minimum absolute atomic E-state index is 0.402. The second-order valence-electron chi connectivity index (χ2n) is 4.43. The second kappa shape index (κ2) is 4.64. The predicted molar refractivity (Wildman–Crippen MR) is 67.5 cm³/mol. The van der Waals surface area contributed by atoms with Gasteiger partial charge in [0.1, 0.15) is 5.75 Å². The normalized spacial score (nSPS) is 24.0. The van der Waals surface area contributed by atoms with Crippen molar-refractivity contribution in [3.63, 3.8) is 0 Å². The number of fused-ring (bicyclic) bond motifs is 1. The summed E-state index contributed by atoms with van der Waals surface area (Å²) in [7, 11) is 3.68. The van der Waals surface area contributed by atoms with Crippen LogP contribution in [-0.2, 0) is 0 Å². The fourth-order valence-electron chi connectivity index (χ4n) is 2.56. The Morgan fingerprint density at radius 1 is 1.38 bits per heavy atom. The third-order valence-corrected chi connectivity index (χ3v) is 3.79. The first-order chi connectivity index (χ1) is 7.67. The predicted octanol–water partition coefficient (Wildman–Crippen LogP) is 3.51. The van der Waals surface area contributed by atoms with Crippen molar-refractivity contribution in [1.29, 1.82) is 0 Å². The topological polar surface area (TPSA) is 21.3 Å². The van der Waals surface area contributed by atoms with E-state index >= 15 is 0 Å². The minimum Gasteiger partial charge on any atom is -0.497 e. The molecule has 16 heavy (non-hydrogen) atoms. The van der Waals surface area contributed by atoms with Gasteiger partial charge in [-0.25, -0.2) is 0 Å². The van der Waals surface area contributed by atoms with E-state index in [1.165, 1.54) is 17.5 Å². The molecule has 0 saturated heterocycles. The maximum Gasteiger partial charge on any atom is 0.120 e. The van der Waals surface area contributed by atoms with Crippen LogP contribution < -0.4 is 10.1 Å². The van der Waals surface area contributed by atoms with E-state index in [2.05, 4.69) is 18.3 Å². The monoisotopic (exact) mass is 239 g/mol. The van der Waals surface area contributed by atoms with Crippen LogP contribution >= 0.6 is 11.6 Å². The Morgan fingerprint density at radius 3 is 2.75 bits per heavy atom. The molecular formula is C13H18ClNO. The molecular weight excluding hydrogens is 222 g/mol. The largest absolute Gasteiger partial charge is 0.497 e. The van der Waals surface area contributed by atoms with Crippen molar-refractivity contribution in [1.82, 2.24) is 5.32 Å². The Hall–Kier alpha value is -0.730. The number of nitrogens with one attached hydrogen (secondary N) is 1. The molecule has 3 heteroatoms. The molecule has 1 N–H and O–H groups in total. The zero-order chi connectivity index (χ0) is 11.7. The number of methoxy groups -OCH3 is 1. The number of hydrogen-bond donors (Lipinski definition) is 1. The van der Waals surface area contributed by atoms with Gasteiger partial charge in [-0.2, -0.15) is 0 Å². The standard InChI is InChI=1S/C13H18ClNO/c1-8-4-5-12(15-2)10-6-9(16-3)7-11(14)13(8)10/h6-8,12,15H,4-5H2,1-3H3. The molecule has 2 unspecified atom stereocenters. The van der Waals surface area contributed by atoms with Crippen LogP contribution in [0.15, 0.2) is 12.1 Å². The maximum absolute atomic E-state index is 6.34. The average Bonchev–Trinajstić information content (AvgIpc) is 2.28. The molecule has 0 radical (unpaired) electrons. The second-order valence-corrected chi connectivity index (χ2v) is 4.84. The van der Waals surface area contributed by atoms with Crippen molar-refractivity contribution in [2.75, 3.05) is 14.2 Å². The first kappa shape index (κ1) is 11.7. The molecule has 0 bridgehead atoms. The number of hydrogen-bond acceptors (Lipinski definition) is 2. The summed E-state index contributed by atoms with van der Waals surface area (Å²) in [6, 6.07) is 4.42. The Morgan fingerprint density at radius 2 is 2.12 bits per heavy atom. The number of halogens is 1. The summed E-state index contributed by atoms with van der Waals surface area (Å²) in [4.78, 5) is 0. The van der Waals surface area contributed by atoms with Crippen molar-refractivity contribution in [3.8, 4) is 5.75 Å². The van der Waals surface area contributed by atoms with Crippen LogP contribution in [0.25, 0.3) is 0 Å². The molecule has 0 spiro atoms. The van der Waals surface area contributed by atoms with E-state index in [4.69, 9.17) is 16.3 Å². The smallest absolute Gasteiger partial charge is 0.120 e. The lowest BCUT2D eigenvalue weighted by molar-refractivity contribution is 0.408. The van der Waals surface area contributed by atoms with Crippen LogP contribution in [0, 0.1) is 0 Å². The van der Waals surface area contributed by atoms with Crippen molar-refractivity contribution in [2.24, 2.45) is 0 Å². The van der Waals surface area contributed by atoms with Gasteiger partial charge in [0, 0.05) is 11.1 Å². The summed E-state index contributed by atoms with van der Waals surface area (Å²) in [5.74, 6) is 1.39. The zero-order valence-corrected chi connectivity index (χ0v) is 10.8. The summed E-state index contributed by atoms with van der Waals surface area (Å²) in [5, 5.41) is 4.18. The van der Waals surface area contributed by atoms with Gasteiger partial charge in [-0.05, 0) is 49.1 Å². The molecule has 88 valence electrons. The van der Waals surface area contributed by atoms with E-state index in [0.717, 1.165) is 17.2 Å². The number of rotatable bonds is 2. The third kappa shape index (κ3) is 1.92. The van der Waals surface area contributed by atoms with E-state index in [9.17, 15) is 0 Å². The highest BCUT2D eigenvalue weighted by molar-refractivity contribution is 6.31. The lowest BCUT2D eigenvalue weighted by Gasteiger charge is -2.30. The molecule has 2 nitrogen and oxygen atoms in total. The van der Waals surface area contributed by atoms with Crippen LogP contribution in [0.1, 0.15) is 42.9 Å². The molecule has 2 rings (SSSR count). The van der Waals surface area contributed by atoms with Crippen LogP contribution in [0.5, 0.6) is 5.75 Å². The van der Waals surface area contributed by atoms with Gasteiger partial charge in [-0.15, -0.1) is 0 Å². The first-order valence-electron chi connectivity index (χ1n) is 5.72. The minimum atomic E-state index is 0.402. The molecule has 1 aliphatic rings. The number of benzene rings is 1. The van der Waals surface area contributed by atoms with E-state index in [0.29, 0.717) is 12.0 Å². The molecule has 1 aromatic carbocycles. The van der Waals surface area contributed by atoms with Crippen LogP contribution in [0.3, 0.4) is 0 Å². The fraction of sp³-hybridized carbons (Fsp3) is 0.538. The maximum atomic E-state index is 6.34. The van der Waals surface area contributed by atoms with Gasteiger partial charge in [-0.3, -0.25) is 0 Å². The Labute approximate surface area is 102 Å². The zero-order valence-electron chi connectivity index (χ0n) is 10.0. The van der Waals surface area contributed by atoms with Gasteiger partial charge in [-0.1, -0.05) is 18.5 Å². The molecule has 0 aromatic heterocycles. The lowest BCUT2D eigenvalue weighted by atomic mass is 9.81. The molecule has 0 aliphatic heterocycles. The number of ether oxygens (including phenoxy) is 1. The van der Waals surface area contributed by atoms with Crippen molar-refractivity contribution < 1.29 is 4.74 Å². The van der Waals surface area contributed by atoms with Crippen LogP contribution in [-0.4, -0.2) is 14.2 Å². The average molecular weight is 240 g/mol. The quantitative estimate of drug-likeness (QED) is 0.853. The molecule has 0 saturated carbocycles. The summed E-state index contributed by atoms with van der Waals surface area (Å²) in [6.07, 6.45) is 2.35. The molecule has 0 amide bonds. The highest BCUT2D eigenvalue weighted by Crippen LogP contribution is 2.42. The van der Waals surface area contributed by atoms with Crippen molar-refractivity contribution in [3.05, 3.63) is 28.3 Å². The van der Waals surface area contributed by atoms with Crippen molar-refractivity contribution >= 4 is 11.6 Å². The summed E-state index contributed by atoms with van der Waals surface area (Å²) in [5.41, 5.74) is 2.58. The highest BCUT2D eigenvalue weighted by Gasteiger charge is 2.26. The van der Waals surface area contributed by atoms with E-state index in [1.54, 1.807) is 7.11 Å². The molecule has 1 aromatic rings. The SMILES string of the molecule is CNC1CCC(C)c2c(Cl)cc(OC)cc21. The lowest BCUT2D eigenvalue weighted by Crippen LogP contribution is -2.23. The summed E-state index contributed by atoms with van der Waals surface area (Å²) < 4.78 is 5.28. The van der Waals surface area contributed by atoms with Gasteiger partial charge < -0.3 is 10.1 Å². The van der Waals surface area contributed by atoms with Gasteiger partial charge >= 0.3 is 0 Å². The van der Waals surface area contributed by atoms with Crippen molar-refractivity contribution in [2.45, 2.75) is 31.7 Å². The summed E-state index contributed by atoms with van der Waals surface area (Å²) >= 11 is 6.34. The van der Waals surface area contributed by atoms with Gasteiger partial charge in [0.2, 0.25) is 0 Å².